The van der Waals surface area contributed by atoms with E-state index < -0.39 is 10.0 Å². The molecule has 1 fully saturated rings. The molecule has 0 bridgehead atoms. The number of hydrogen-bond donors (Lipinski definition) is 1. The number of carbonyl (C=O) groups excluding carboxylic acids is 1. The first-order chi connectivity index (χ1) is 9.88. The van der Waals surface area contributed by atoms with Crippen molar-refractivity contribution in [3.05, 3.63) is 18.5 Å². The van der Waals surface area contributed by atoms with Crippen molar-refractivity contribution in [1.82, 2.24) is 19.4 Å². The summed E-state index contributed by atoms with van der Waals surface area (Å²) in [7, 11) is -0.323. The summed E-state index contributed by atoms with van der Waals surface area (Å²) in [5.74, 6) is -0.479. The second-order valence-electron chi connectivity index (χ2n) is 5.24. The first kappa shape index (κ1) is 15.9. The second kappa shape index (κ2) is 6.54. The number of nitrogens with zero attached hydrogens (tertiary/aromatic N) is 3. The van der Waals surface area contributed by atoms with E-state index in [1.54, 1.807) is 18.5 Å². The van der Waals surface area contributed by atoms with Crippen LogP contribution in [0.15, 0.2) is 18.5 Å². The maximum Gasteiger partial charge on any atom is 0.242 e. The maximum atomic E-state index is 11.9. The van der Waals surface area contributed by atoms with Crippen LogP contribution in [0.5, 0.6) is 0 Å². The number of carbonyl (C=O) groups is 1. The monoisotopic (exact) mass is 316 g/mol. The highest BCUT2D eigenvalue weighted by molar-refractivity contribution is 7.89. The van der Waals surface area contributed by atoms with E-state index in [9.17, 15) is 13.2 Å². The van der Waals surface area contributed by atoms with Gasteiger partial charge in [-0.1, -0.05) is 0 Å². The highest BCUT2D eigenvalue weighted by atomic mass is 32.2. The lowest BCUT2D eigenvalue weighted by molar-refractivity contribution is -0.122. The van der Waals surface area contributed by atoms with Gasteiger partial charge in [0.15, 0.2) is 0 Å². The molecule has 1 aromatic heterocycles. The van der Waals surface area contributed by atoms with Gasteiger partial charge in [0.1, 0.15) is 6.54 Å². The number of rotatable bonds is 6. The quantitative estimate of drug-likeness (QED) is 0.719. The van der Waals surface area contributed by atoms with Crippen LogP contribution in [0.1, 0.15) is 0 Å². The third kappa shape index (κ3) is 4.26. The molecule has 1 aliphatic heterocycles. The average Bonchev–Trinajstić information content (AvgIpc) is 3.02. The molecule has 0 aliphatic carbocycles. The fourth-order valence-corrected chi connectivity index (χ4v) is 3.30. The molecule has 0 radical (unpaired) electrons. The molecule has 9 heteroatoms. The molecule has 0 spiro atoms. The Morgan fingerprint density at radius 2 is 2.24 bits per heavy atom. The summed E-state index contributed by atoms with van der Waals surface area (Å²) < 4.78 is 31.8. The molecule has 2 heterocycles. The van der Waals surface area contributed by atoms with Gasteiger partial charge in [-0.25, -0.2) is 12.7 Å². The van der Waals surface area contributed by atoms with Crippen molar-refractivity contribution in [1.29, 1.82) is 0 Å². The van der Waals surface area contributed by atoms with E-state index in [1.165, 1.54) is 23.1 Å². The van der Waals surface area contributed by atoms with Crippen molar-refractivity contribution in [2.24, 2.45) is 5.92 Å². The Kier molecular flexibility index (Phi) is 4.96. The normalized spacial score (nSPS) is 22.6. The predicted octanol–water partition coefficient (Wildman–Crippen LogP) is -1.09. The van der Waals surface area contributed by atoms with Gasteiger partial charge in [0.2, 0.25) is 15.9 Å². The summed E-state index contributed by atoms with van der Waals surface area (Å²) in [6.07, 6.45) is 3.29. The molecule has 21 heavy (non-hydrogen) atoms. The Hall–Kier alpha value is -1.45. The zero-order chi connectivity index (χ0) is 15.5. The molecule has 8 nitrogen and oxygen atoms in total. The smallest absolute Gasteiger partial charge is 0.242 e. The lowest BCUT2D eigenvalue weighted by atomic mass is 10.1. The Labute approximate surface area is 124 Å². The summed E-state index contributed by atoms with van der Waals surface area (Å²) in [5.41, 5.74) is 0. The van der Waals surface area contributed by atoms with Crippen LogP contribution < -0.4 is 5.32 Å². The molecule has 0 saturated carbocycles. The fourth-order valence-electron chi connectivity index (χ4n) is 2.14. The van der Waals surface area contributed by atoms with Crippen LogP contribution in [0.2, 0.25) is 0 Å². The number of sulfonamides is 1. The minimum Gasteiger partial charge on any atom is -0.379 e. The van der Waals surface area contributed by atoms with E-state index in [4.69, 9.17) is 4.74 Å². The summed E-state index contributed by atoms with van der Waals surface area (Å²) >= 11 is 0. The van der Waals surface area contributed by atoms with Crippen molar-refractivity contribution in [2.75, 3.05) is 33.1 Å². The van der Waals surface area contributed by atoms with Gasteiger partial charge in [-0.15, -0.1) is 0 Å². The second-order valence-corrected chi connectivity index (χ2v) is 7.46. The summed E-state index contributed by atoms with van der Waals surface area (Å²) in [4.78, 5) is 11.9. The van der Waals surface area contributed by atoms with Gasteiger partial charge in [0, 0.05) is 32.4 Å². The summed E-state index contributed by atoms with van der Waals surface area (Å²) in [5, 5.41) is 6.78. The van der Waals surface area contributed by atoms with Crippen molar-refractivity contribution in [3.8, 4) is 0 Å². The summed E-state index contributed by atoms with van der Waals surface area (Å²) in [6.45, 7) is 0.773. The topological polar surface area (TPSA) is 93.5 Å². The van der Waals surface area contributed by atoms with Crippen LogP contribution in [-0.4, -0.2) is 67.5 Å². The van der Waals surface area contributed by atoms with E-state index in [0.717, 1.165) is 0 Å². The zero-order valence-corrected chi connectivity index (χ0v) is 12.9. The molecule has 0 unspecified atom stereocenters. The number of nitrogens with one attached hydrogen (secondary N) is 1. The third-order valence-electron chi connectivity index (χ3n) is 3.39. The Balaban J connectivity index is 1.91. The van der Waals surface area contributed by atoms with Crippen LogP contribution in [0, 0.1) is 5.92 Å². The SMILES string of the molecule is CN(C)S(=O)(=O)C[C@@H]1COC[C@H]1NC(=O)Cn1cccn1. The van der Waals surface area contributed by atoms with Gasteiger partial charge in [0.05, 0.1) is 25.0 Å². The first-order valence-electron chi connectivity index (χ1n) is 6.63. The van der Waals surface area contributed by atoms with Crippen LogP contribution in [0.3, 0.4) is 0 Å². The molecular formula is C12H20N4O4S. The number of amides is 1. The van der Waals surface area contributed by atoms with Gasteiger partial charge in [-0.2, -0.15) is 5.10 Å². The minimum absolute atomic E-state index is 0.0350. The first-order valence-corrected chi connectivity index (χ1v) is 8.24. The van der Waals surface area contributed by atoms with Crippen molar-refractivity contribution in [3.63, 3.8) is 0 Å². The van der Waals surface area contributed by atoms with Crippen LogP contribution in [0.25, 0.3) is 0 Å². The molecule has 1 aliphatic rings. The van der Waals surface area contributed by atoms with E-state index in [2.05, 4.69) is 10.4 Å². The predicted molar refractivity (Wildman–Crippen MR) is 75.9 cm³/mol. The molecular weight excluding hydrogens is 296 g/mol. The van der Waals surface area contributed by atoms with Gasteiger partial charge >= 0.3 is 0 Å². The lowest BCUT2D eigenvalue weighted by Crippen LogP contribution is -2.44. The van der Waals surface area contributed by atoms with Crippen LogP contribution in [-0.2, 0) is 26.1 Å². The third-order valence-corrected chi connectivity index (χ3v) is 5.35. The molecule has 1 N–H and O–H groups in total. The van der Waals surface area contributed by atoms with E-state index >= 15 is 0 Å². The molecule has 118 valence electrons. The van der Waals surface area contributed by atoms with Gasteiger partial charge in [-0.05, 0) is 6.07 Å². The van der Waals surface area contributed by atoms with Gasteiger partial charge < -0.3 is 10.1 Å². The Bertz CT molecular complexity index is 570. The highest BCUT2D eigenvalue weighted by Gasteiger charge is 2.34. The number of hydrogen-bond acceptors (Lipinski definition) is 5. The Morgan fingerprint density at radius 3 is 2.86 bits per heavy atom. The number of aromatic nitrogens is 2. The van der Waals surface area contributed by atoms with Crippen molar-refractivity contribution >= 4 is 15.9 Å². The number of ether oxygens (including phenoxy) is 1. The molecule has 1 aromatic rings. The Morgan fingerprint density at radius 1 is 1.48 bits per heavy atom. The minimum atomic E-state index is -3.32. The van der Waals surface area contributed by atoms with E-state index in [0.29, 0.717) is 13.2 Å². The van der Waals surface area contributed by atoms with E-state index in [1.807, 2.05) is 0 Å². The fraction of sp³-hybridized carbons (Fsp3) is 0.667. The summed E-state index contributed by atoms with van der Waals surface area (Å²) in [6, 6.07) is 1.45. The van der Waals surface area contributed by atoms with Crippen molar-refractivity contribution < 1.29 is 17.9 Å². The van der Waals surface area contributed by atoms with Gasteiger partial charge in [-0.3, -0.25) is 9.48 Å². The van der Waals surface area contributed by atoms with Gasteiger partial charge in [0.25, 0.3) is 0 Å². The molecule has 2 rings (SSSR count). The standard InChI is InChI=1S/C12H20N4O4S/c1-15(2)21(18,19)9-10-7-20-8-11(10)14-12(17)6-16-5-3-4-13-16/h3-5,10-11H,6-9H2,1-2H3,(H,14,17)/t10-,11+/m0/s1. The lowest BCUT2D eigenvalue weighted by Gasteiger charge is -2.21. The molecule has 0 aromatic carbocycles. The van der Waals surface area contributed by atoms with Crippen LogP contribution >= 0.6 is 0 Å². The largest absolute Gasteiger partial charge is 0.379 e. The van der Waals surface area contributed by atoms with Crippen LogP contribution in [0.4, 0.5) is 0 Å². The maximum absolute atomic E-state index is 11.9. The average molecular weight is 316 g/mol. The molecule has 1 amide bonds. The zero-order valence-electron chi connectivity index (χ0n) is 12.1. The molecule has 2 atom stereocenters. The van der Waals surface area contributed by atoms with E-state index in [-0.39, 0.29) is 30.2 Å². The van der Waals surface area contributed by atoms with Crippen molar-refractivity contribution in [2.45, 2.75) is 12.6 Å². The highest BCUT2D eigenvalue weighted by Crippen LogP contribution is 2.17. The molecule has 1 saturated heterocycles.